The second kappa shape index (κ2) is 2.41. The van der Waals surface area contributed by atoms with E-state index in [1.807, 2.05) is 0 Å². The maximum absolute atomic E-state index is 6.76. The highest BCUT2D eigenvalue weighted by atomic mass is 16.5. The first-order valence-electron chi connectivity index (χ1n) is 8.12. The normalized spacial score (nSPS) is 67.5. The summed E-state index contributed by atoms with van der Waals surface area (Å²) in [5.41, 5.74) is 1.80. The summed E-state index contributed by atoms with van der Waals surface area (Å²) in [6, 6.07) is 11.1. The summed E-state index contributed by atoms with van der Waals surface area (Å²) in [4.78, 5) is 0. The summed E-state index contributed by atoms with van der Waals surface area (Å²) in [5, 5.41) is 0. The van der Waals surface area contributed by atoms with Gasteiger partial charge in [-0.2, -0.15) is 0 Å². The van der Waals surface area contributed by atoms with Crippen LogP contribution < -0.4 is 0 Å². The molecular formula is C18H18O. The van der Waals surface area contributed by atoms with Crippen LogP contribution in [0.4, 0.5) is 0 Å². The van der Waals surface area contributed by atoms with Crippen LogP contribution >= 0.6 is 0 Å². The molecule has 5 saturated carbocycles. The van der Waals surface area contributed by atoms with E-state index in [4.69, 9.17) is 4.74 Å². The van der Waals surface area contributed by atoms with Crippen LogP contribution in [0.25, 0.3) is 0 Å². The second-order valence-electron chi connectivity index (χ2n) is 8.12. The molecule has 5 aliphatic carbocycles. The Bertz CT molecular complexity index is 599. The lowest BCUT2D eigenvalue weighted by Gasteiger charge is -2.46. The Morgan fingerprint density at radius 2 is 1.84 bits per heavy atom. The van der Waals surface area contributed by atoms with Crippen LogP contribution in [0.2, 0.25) is 0 Å². The van der Waals surface area contributed by atoms with Crippen molar-refractivity contribution in [2.24, 2.45) is 47.3 Å². The van der Waals surface area contributed by atoms with Crippen molar-refractivity contribution in [3.63, 3.8) is 0 Å². The van der Waals surface area contributed by atoms with Gasteiger partial charge in [-0.25, -0.2) is 0 Å². The molecule has 0 aromatic heterocycles. The Morgan fingerprint density at radius 1 is 0.947 bits per heavy atom. The van der Waals surface area contributed by atoms with Gasteiger partial charge in [0.05, 0.1) is 11.7 Å². The van der Waals surface area contributed by atoms with Crippen LogP contribution in [0, 0.1) is 47.3 Å². The van der Waals surface area contributed by atoms with Crippen LogP contribution in [0.3, 0.4) is 0 Å². The minimum absolute atomic E-state index is 0.290. The number of benzene rings is 1. The van der Waals surface area contributed by atoms with Crippen LogP contribution in [0.1, 0.15) is 12.0 Å². The Morgan fingerprint density at radius 3 is 2.74 bits per heavy atom. The molecule has 0 N–H and O–H groups in total. The Balaban J connectivity index is 1.42. The van der Waals surface area contributed by atoms with Gasteiger partial charge in [0, 0.05) is 6.42 Å². The molecule has 10 unspecified atom stereocenters. The zero-order chi connectivity index (χ0) is 11.9. The number of hydrogen-bond donors (Lipinski definition) is 0. The molecule has 2 aliphatic heterocycles. The first kappa shape index (κ1) is 9.18. The summed E-state index contributed by atoms with van der Waals surface area (Å²) in [6.07, 6.45) is 3.48. The molecular weight excluding hydrogens is 232 g/mol. The summed E-state index contributed by atoms with van der Waals surface area (Å²) < 4.78 is 6.76. The van der Waals surface area contributed by atoms with E-state index < -0.39 is 0 Å². The van der Waals surface area contributed by atoms with Crippen LogP contribution in [-0.4, -0.2) is 11.7 Å². The minimum atomic E-state index is 0.290. The third-order valence-corrected chi connectivity index (χ3v) is 8.19. The van der Waals surface area contributed by atoms with Crippen LogP contribution in [-0.2, 0) is 11.2 Å². The molecule has 1 nitrogen and oxygen atoms in total. The first-order valence-corrected chi connectivity index (χ1v) is 8.12. The molecule has 0 radical (unpaired) electrons. The maximum Gasteiger partial charge on any atom is 0.0795 e. The lowest BCUT2D eigenvalue weighted by molar-refractivity contribution is -0.0301. The van der Waals surface area contributed by atoms with Crippen molar-refractivity contribution in [1.82, 2.24) is 0 Å². The van der Waals surface area contributed by atoms with Crippen molar-refractivity contribution in [3.8, 4) is 0 Å². The third-order valence-electron chi connectivity index (χ3n) is 8.19. The molecule has 1 aromatic rings. The molecule has 1 heteroatoms. The van der Waals surface area contributed by atoms with E-state index in [1.54, 1.807) is 6.42 Å². The van der Waals surface area contributed by atoms with E-state index in [9.17, 15) is 0 Å². The summed E-state index contributed by atoms with van der Waals surface area (Å²) >= 11 is 0. The fraction of sp³-hybridized carbons (Fsp3) is 0.667. The molecule has 2 heterocycles. The van der Waals surface area contributed by atoms with Crippen molar-refractivity contribution in [2.45, 2.75) is 24.5 Å². The highest BCUT2D eigenvalue weighted by Crippen LogP contribution is 2.90. The zero-order valence-electron chi connectivity index (χ0n) is 10.9. The van der Waals surface area contributed by atoms with E-state index in [0.717, 1.165) is 47.3 Å². The van der Waals surface area contributed by atoms with Gasteiger partial charge in [0.15, 0.2) is 0 Å². The quantitative estimate of drug-likeness (QED) is 0.784. The average Bonchev–Trinajstić information content (AvgIpc) is 3.03. The van der Waals surface area contributed by atoms with Crippen molar-refractivity contribution in [2.75, 3.05) is 0 Å². The van der Waals surface area contributed by atoms with Crippen molar-refractivity contribution in [1.29, 1.82) is 0 Å². The Labute approximate surface area is 113 Å². The zero-order valence-corrected chi connectivity index (χ0v) is 10.9. The summed E-state index contributed by atoms with van der Waals surface area (Å²) in [7, 11) is 0. The molecule has 19 heavy (non-hydrogen) atoms. The van der Waals surface area contributed by atoms with Crippen LogP contribution in [0.5, 0.6) is 0 Å². The molecule has 0 amide bonds. The standard InChI is InChI=1S/C18H18O/c1-2-4-8(5-3-1)7-18-15-10-6-9-11-12(10)16(18)14(11)17(19-18)13(9)15/h1-5,9-17H,6-7H2. The monoisotopic (exact) mass is 250 g/mol. The first-order chi connectivity index (χ1) is 9.40. The van der Waals surface area contributed by atoms with Gasteiger partial charge in [-0.15, -0.1) is 0 Å². The van der Waals surface area contributed by atoms with Gasteiger partial charge in [0.25, 0.3) is 0 Å². The van der Waals surface area contributed by atoms with Crippen LogP contribution in [0.15, 0.2) is 30.3 Å². The predicted molar refractivity (Wildman–Crippen MR) is 70.3 cm³/mol. The predicted octanol–water partition coefficient (Wildman–Crippen LogP) is 2.75. The largest absolute Gasteiger partial charge is 0.370 e. The lowest BCUT2D eigenvalue weighted by Crippen LogP contribution is -2.49. The highest BCUT2D eigenvalue weighted by Gasteiger charge is 2.92. The van der Waals surface area contributed by atoms with Gasteiger partial charge in [-0.1, -0.05) is 30.3 Å². The fourth-order valence-electron chi connectivity index (χ4n) is 8.40. The summed E-state index contributed by atoms with van der Waals surface area (Å²) in [5.74, 6) is 8.25. The molecule has 0 spiro atoms. The third kappa shape index (κ3) is 0.665. The highest BCUT2D eigenvalue weighted by molar-refractivity contribution is 5.40. The number of ether oxygens (including phenoxy) is 1. The topological polar surface area (TPSA) is 9.23 Å². The molecule has 1 aromatic carbocycles. The maximum atomic E-state index is 6.76. The van der Waals surface area contributed by atoms with Gasteiger partial charge in [-0.3, -0.25) is 0 Å². The SMILES string of the molecule is c1ccc(CC23OC4C5C6CC(C7C6C4C72)C53)cc1. The van der Waals surface area contributed by atoms with Crippen molar-refractivity contribution in [3.05, 3.63) is 35.9 Å². The molecule has 7 aliphatic rings. The molecule has 10 atom stereocenters. The van der Waals surface area contributed by atoms with Crippen molar-refractivity contribution >= 4 is 0 Å². The van der Waals surface area contributed by atoms with E-state index in [-0.39, 0.29) is 0 Å². The van der Waals surface area contributed by atoms with Gasteiger partial charge in [-0.05, 0) is 59.3 Å². The summed E-state index contributed by atoms with van der Waals surface area (Å²) in [6.45, 7) is 0. The fourth-order valence-corrected chi connectivity index (χ4v) is 8.40. The van der Waals surface area contributed by atoms with E-state index in [2.05, 4.69) is 30.3 Å². The van der Waals surface area contributed by atoms with Gasteiger partial charge in [0.1, 0.15) is 0 Å². The van der Waals surface area contributed by atoms with E-state index in [1.165, 1.54) is 12.0 Å². The van der Waals surface area contributed by atoms with E-state index >= 15 is 0 Å². The smallest absolute Gasteiger partial charge is 0.0795 e. The lowest BCUT2D eigenvalue weighted by atomic mass is 9.57. The molecule has 8 rings (SSSR count). The number of rotatable bonds is 2. The number of hydrogen-bond acceptors (Lipinski definition) is 1. The second-order valence-corrected chi connectivity index (χ2v) is 8.12. The molecule has 7 fully saturated rings. The van der Waals surface area contributed by atoms with Gasteiger partial charge < -0.3 is 4.74 Å². The van der Waals surface area contributed by atoms with Crippen molar-refractivity contribution < 1.29 is 4.74 Å². The Kier molecular flexibility index (Phi) is 1.17. The molecule has 4 bridgehead atoms. The Hall–Kier alpha value is -0.820. The molecule has 2 saturated heterocycles. The minimum Gasteiger partial charge on any atom is -0.370 e. The van der Waals surface area contributed by atoms with E-state index in [0.29, 0.717) is 11.7 Å². The average molecular weight is 250 g/mol. The molecule has 96 valence electrons. The van der Waals surface area contributed by atoms with Gasteiger partial charge >= 0.3 is 0 Å². The van der Waals surface area contributed by atoms with Gasteiger partial charge in [0.2, 0.25) is 0 Å².